The topological polar surface area (TPSA) is 76.7 Å². The van der Waals surface area contributed by atoms with E-state index in [2.05, 4.69) is 15.4 Å². The van der Waals surface area contributed by atoms with E-state index in [0.29, 0.717) is 26.1 Å². The van der Waals surface area contributed by atoms with Crippen molar-refractivity contribution in [3.05, 3.63) is 29.8 Å². The second-order valence-corrected chi connectivity index (χ2v) is 6.66. The van der Waals surface area contributed by atoms with Crippen LogP contribution < -0.4 is 10.6 Å². The quantitative estimate of drug-likeness (QED) is 0.549. The van der Waals surface area contributed by atoms with Crippen molar-refractivity contribution in [2.24, 2.45) is 0 Å². The predicted octanol–water partition coefficient (Wildman–Crippen LogP) is 1.80. The molecule has 132 valence electrons. The second-order valence-electron chi connectivity index (χ2n) is 5.56. The number of anilines is 1. The Morgan fingerprint density at radius 3 is 3.08 bits per heavy atom. The first-order valence-corrected chi connectivity index (χ1v) is 9.17. The molecule has 0 spiro atoms. The van der Waals surface area contributed by atoms with E-state index in [4.69, 9.17) is 4.74 Å². The van der Waals surface area contributed by atoms with E-state index in [9.17, 15) is 9.59 Å². The van der Waals surface area contributed by atoms with E-state index in [-0.39, 0.29) is 17.9 Å². The van der Waals surface area contributed by atoms with Crippen LogP contribution >= 0.6 is 11.8 Å². The van der Waals surface area contributed by atoms with E-state index >= 15 is 0 Å². The first-order valence-electron chi connectivity index (χ1n) is 8.02. The summed E-state index contributed by atoms with van der Waals surface area (Å²) in [5, 5.41) is 6.20. The molecule has 1 saturated heterocycles. The van der Waals surface area contributed by atoms with Crippen LogP contribution in [0.15, 0.2) is 24.3 Å². The monoisotopic (exact) mass is 352 g/mol. The van der Waals surface area contributed by atoms with Crippen molar-refractivity contribution in [3.8, 4) is 0 Å². The largest absolute Gasteiger partial charge is 0.469 e. The molecule has 0 radical (unpaired) electrons. The standard InChI is InChI=1S/C17H24N2O4S/c1-22-17(21)5-8-24-12-13-3-2-4-14(9-13)19-16(20)10-15-11-23-7-6-18-15/h2-4,9,15,18H,5-8,10-12H2,1H3,(H,19,20). The van der Waals surface area contributed by atoms with E-state index in [0.717, 1.165) is 29.3 Å². The number of hydrogen-bond acceptors (Lipinski definition) is 6. The number of nitrogens with one attached hydrogen (secondary N) is 2. The lowest BCUT2D eigenvalue weighted by atomic mass is 10.1. The number of esters is 1. The Kier molecular flexibility index (Phi) is 8.07. The Morgan fingerprint density at radius 1 is 1.46 bits per heavy atom. The number of carbonyl (C=O) groups excluding carboxylic acids is 2. The maximum atomic E-state index is 12.1. The maximum Gasteiger partial charge on any atom is 0.306 e. The molecular weight excluding hydrogens is 328 g/mol. The van der Waals surface area contributed by atoms with Gasteiger partial charge in [0, 0.05) is 36.2 Å². The van der Waals surface area contributed by atoms with E-state index in [1.165, 1.54) is 7.11 Å². The SMILES string of the molecule is COC(=O)CCSCc1cccc(NC(=O)CC2COCCN2)c1. The van der Waals surface area contributed by atoms with Crippen LogP contribution in [0, 0.1) is 0 Å². The zero-order chi connectivity index (χ0) is 17.2. The molecule has 0 saturated carbocycles. The number of amides is 1. The van der Waals surface area contributed by atoms with E-state index < -0.39 is 0 Å². The van der Waals surface area contributed by atoms with Crippen LogP contribution in [0.2, 0.25) is 0 Å². The Hall–Kier alpha value is -1.57. The molecule has 1 atom stereocenters. The van der Waals surface area contributed by atoms with Gasteiger partial charge in [0.2, 0.25) is 5.91 Å². The van der Waals surface area contributed by atoms with Crippen molar-refractivity contribution in [2.75, 3.05) is 37.9 Å². The third kappa shape index (κ3) is 6.90. The number of methoxy groups -OCH3 is 1. The highest BCUT2D eigenvalue weighted by Gasteiger charge is 2.16. The second kappa shape index (κ2) is 10.3. The molecule has 1 aliphatic rings. The lowest BCUT2D eigenvalue weighted by Crippen LogP contribution is -2.43. The smallest absolute Gasteiger partial charge is 0.306 e. The minimum Gasteiger partial charge on any atom is -0.469 e. The van der Waals surface area contributed by atoms with Gasteiger partial charge >= 0.3 is 5.97 Å². The van der Waals surface area contributed by atoms with Crippen LogP contribution in [0.1, 0.15) is 18.4 Å². The molecule has 1 aromatic rings. The molecule has 1 aromatic carbocycles. The zero-order valence-electron chi connectivity index (χ0n) is 13.9. The molecular formula is C17H24N2O4S. The van der Waals surface area contributed by atoms with Gasteiger partial charge in [-0.05, 0) is 17.7 Å². The van der Waals surface area contributed by atoms with Gasteiger partial charge < -0.3 is 20.1 Å². The fourth-order valence-electron chi connectivity index (χ4n) is 2.37. The van der Waals surface area contributed by atoms with Gasteiger partial charge in [-0.15, -0.1) is 0 Å². The minimum absolute atomic E-state index is 0.0199. The number of carbonyl (C=O) groups is 2. The lowest BCUT2D eigenvalue weighted by Gasteiger charge is -2.23. The average Bonchev–Trinajstić information content (AvgIpc) is 2.59. The van der Waals surface area contributed by atoms with Crippen LogP contribution in [0.3, 0.4) is 0 Å². The van der Waals surface area contributed by atoms with Crippen LogP contribution in [-0.4, -0.2) is 50.5 Å². The van der Waals surface area contributed by atoms with Gasteiger partial charge in [-0.1, -0.05) is 12.1 Å². The Labute approximate surface area is 146 Å². The number of hydrogen-bond donors (Lipinski definition) is 2. The molecule has 0 aliphatic carbocycles. The molecule has 2 N–H and O–H groups in total. The minimum atomic E-state index is -0.191. The Bertz CT molecular complexity index is 547. The van der Waals surface area contributed by atoms with Crippen molar-refractivity contribution >= 4 is 29.3 Å². The fraction of sp³-hybridized carbons (Fsp3) is 0.529. The number of rotatable bonds is 8. The van der Waals surface area contributed by atoms with Gasteiger partial charge in [0.15, 0.2) is 0 Å². The van der Waals surface area contributed by atoms with Crippen LogP contribution in [0.4, 0.5) is 5.69 Å². The summed E-state index contributed by atoms with van der Waals surface area (Å²) in [6.07, 6.45) is 0.812. The average molecular weight is 352 g/mol. The molecule has 6 nitrogen and oxygen atoms in total. The molecule has 1 aliphatic heterocycles. The Morgan fingerprint density at radius 2 is 2.33 bits per heavy atom. The molecule has 1 unspecified atom stereocenters. The summed E-state index contributed by atoms with van der Waals surface area (Å²) in [6.45, 7) is 2.06. The zero-order valence-corrected chi connectivity index (χ0v) is 14.7. The number of thioether (sulfide) groups is 1. The maximum absolute atomic E-state index is 12.1. The predicted molar refractivity (Wildman–Crippen MR) is 95.1 cm³/mol. The van der Waals surface area contributed by atoms with Gasteiger partial charge in [0.25, 0.3) is 0 Å². The molecule has 7 heteroatoms. The van der Waals surface area contributed by atoms with Crippen LogP contribution in [0.5, 0.6) is 0 Å². The third-order valence-corrected chi connectivity index (χ3v) is 4.62. The third-order valence-electron chi connectivity index (χ3n) is 3.59. The van der Waals surface area contributed by atoms with Crippen LogP contribution in [-0.2, 0) is 24.8 Å². The molecule has 1 heterocycles. The number of ether oxygens (including phenoxy) is 2. The summed E-state index contributed by atoms with van der Waals surface area (Å²) >= 11 is 1.67. The Balaban J connectivity index is 1.74. The van der Waals surface area contributed by atoms with Crippen molar-refractivity contribution < 1.29 is 19.1 Å². The molecule has 2 rings (SSSR count). The fourth-order valence-corrected chi connectivity index (χ4v) is 3.24. The lowest BCUT2D eigenvalue weighted by molar-refractivity contribution is -0.140. The summed E-state index contributed by atoms with van der Waals surface area (Å²) < 4.78 is 9.97. The highest BCUT2D eigenvalue weighted by atomic mass is 32.2. The van der Waals surface area contributed by atoms with Gasteiger partial charge in [-0.3, -0.25) is 9.59 Å². The number of benzene rings is 1. The van der Waals surface area contributed by atoms with E-state index in [1.807, 2.05) is 24.3 Å². The highest BCUT2D eigenvalue weighted by molar-refractivity contribution is 7.98. The number of morpholine rings is 1. The van der Waals surface area contributed by atoms with Gasteiger partial charge in [0.1, 0.15) is 0 Å². The summed E-state index contributed by atoms with van der Waals surface area (Å²) in [5.41, 5.74) is 1.91. The first kappa shape index (κ1) is 18.8. The summed E-state index contributed by atoms with van der Waals surface area (Å²) in [4.78, 5) is 23.2. The molecule has 0 bridgehead atoms. The molecule has 24 heavy (non-hydrogen) atoms. The van der Waals surface area contributed by atoms with Gasteiger partial charge in [-0.2, -0.15) is 11.8 Å². The first-order chi connectivity index (χ1) is 11.7. The van der Waals surface area contributed by atoms with Crippen molar-refractivity contribution in [3.63, 3.8) is 0 Å². The summed E-state index contributed by atoms with van der Waals surface area (Å²) in [6, 6.07) is 7.86. The highest BCUT2D eigenvalue weighted by Crippen LogP contribution is 2.17. The normalized spacial score (nSPS) is 17.3. The van der Waals surface area contributed by atoms with Crippen molar-refractivity contribution in [1.82, 2.24) is 5.32 Å². The van der Waals surface area contributed by atoms with Crippen molar-refractivity contribution in [1.29, 1.82) is 0 Å². The summed E-state index contributed by atoms with van der Waals surface area (Å²) in [7, 11) is 1.40. The molecule has 1 amide bonds. The molecule has 1 fully saturated rings. The van der Waals surface area contributed by atoms with Crippen LogP contribution in [0.25, 0.3) is 0 Å². The molecule has 0 aromatic heterocycles. The summed E-state index contributed by atoms with van der Waals surface area (Å²) in [5.74, 6) is 1.30. The van der Waals surface area contributed by atoms with Crippen molar-refractivity contribution in [2.45, 2.75) is 24.6 Å². The van der Waals surface area contributed by atoms with Gasteiger partial charge in [-0.25, -0.2) is 0 Å². The van der Waals surface area contributed by atoms with E-state index in [1.54, 1.807) is 11.8 Å². The van der Waals surface area contributed by atoms with Gasteiger partial charge in [0.05, 0.1) is 26.7 Å².